The maximum absolute atomic E-state index is 5.42. The zero-order valence-corrected chi connectivity index (χ0v) is 7.46. The molecule has 0 aliphatic carbocycles. The van der Waals surface area contributed by atoms with E-state index in [2.05, 4.69) is 13.0 Å². The normalized spacial score (nSPS) is 9.50. The van der Waals surface area contributed by atoms with Crippen LogP contribution in [0.2, 0.25) is 0 Å². The van der Waals surface area contributed by atoms with Gasteiger partial charge >= 0.3 is 0 Å². The number of para-hydroxylation sites is 1. The molecule has 2 nitrogen and oxygen atoms in total. The van der Waals surface area contributed by atoms with Gasteiger partial charge < -0.3 is 9.47 Å². The van der Waals surface area contributed by atoms with Crippen molar-refractivity contribution < 1.29 is 9.47 Å². The topological polar surface area (TPSA) is 18.5 Å². The van der Waals surface area contributed by atoms with Crippen LogP contribution in [-0.2, 0) is 0 Å². The Hall–Kier alpha value is -1.18. The highest BCUT2D eigenvalue weighted by atomic mass is 16.5. The molecule has 0 amide bonds. The van der Waals surface area contributed by atoms with E-state index in [1.54, 1.807) is 13.2 Å². The Morgan fingerprint density at radius 2 is 2.33 bits per heavy atom. The molecule has 2 heteroatoms. The zero-order chi connectivity index (χ0) is 8.81. The average Bonchev–Trinajstić information content (AvgIpc) is 2.15. The molecule has 0 aliphatic rings. The SMILES string of the molecule is CCCOc1ccc[c]c1OC. The van der Waals surface area contributed by atoms with Crippen LogP contribution in [0.3, 0.4) is 0 Å². The second-order valence-electron chi connectivity index (χ2n) is 2.42. The van der Waals surface area contributed by atoms with Gasteiger partial charge in [-0.15, -0.1) is 0 Å². The van der Waals surface area contributed by atoms with Crippen LogP contribution < -0.4 is 9.47 Å². The van der Waals surface area contributed by atoms with Gasteiger partial charge in [0.1, 0.15) is 0 Å². The third-order valence-corrected chi connectivity index (χ3v) is 1.45. The summed E-state index contributed by atoms with van der Waals surface area (Å²) in [4.78, 5) is 0. The van der Waals surface area contributed by atoms with Gasteiger partial charge in [-0.1, -0.05) is 19.1 Å². The summed E-state index contributed by atoms with van der Waals surface area (Å²) in [6.07, 6.45) is 0.998. The first-order chi connectivity index (χ1) is 5.88. The summed E-state index contributed by atoms with van der Waals surface area (Å²) in [5.74, 6) is 1.44. The molecule has 0 aromatic heterocycles. The van der Waals surface area contributed by atoms with Crippen LogP contribution in [0.15, 0.2) is 18.2 Å². The minimum atomic E-state index is 0.672. The fourth-order valence-electron chi connectivity index (χ4n) is 0.891. The maximum Gasteiger partial charge on any atom is 0.168 e. The van der Waals surface area contributed by atoms with Crippen molar-refractivity contribution in [2.24, 2.45) is 0 Å². The van der Waals surface area contributed by atoms with Gasteiger partial charge in [-0.25, -0.2) is 0 Å². The third-order valence-electron chi connectivity index (χ3n) is 1.45. The van der Waals surface area contributed by atoms with E-state index in [0.717, 1.165) is 12.2 Å². The maximum atomic E-state index is 5.42. The highest BCUT2D eigenvalue weighted by Gasteiger charge is 2.00. The third kappa shape index (κ3) is 2.16. The number of methoxy groups -OCH3 is 1. The lowest BCUT2D eigenvalue weighted by atomic mass is 10.3. The minimum Gasteiger partial charge on any atom is -0.492 e. The van der Waals surface area contributed by atoms with Gasteiger partial charge in [0.15, 0.2) is 11.5 Å². The Bertz CT molecular complexity index is 233. The molecule has 0 fully saturated rings. The molecule has 65 valence electrons. The lowest BCUT2D eigenvalue weighted by molar-refractivity contribution is 0.294. The number of ether oxygens (including phenoxy) is 2. The molecule has 1 rings (SSSR count). The van der Waals surface area contributed by atoms with E-state index in [-0.39, 0.29) is 0 Å². The first-order valence-corrected chi connectivity index (χ1v) is 4.06. The quantitative estimate of drug-likeness (QED) is 0.681. The molecule has 0 aliphatic heterocycles. The molecule has 0 unspecified atom stereocenters. The highest BCUT2D eigenvalue weighted by Crippen LogP contribution is 2.24. The second kappa shape index (κ2) is 4.65. The van der Waals surface area contributed by atoms with Gasteiger partial charge in [0.2, 0.25) is 0 Å². The monoisotopic (exact) mass is 165 g/mol. The van der Waals surface area contributed by atoms with Crippen LogP contribution in [0.5, 0.6) is 11.5 Å². The van der Waals surface area contributed by atoms with Crippen LogP contribution in [0.1, 0.15) is 13.3 Å². The lowest BCUT2D eigenvalue weighted by Gasteiger charge is -2.08. The van der Waals surface area contributed by atoms with Crippen molar-refractivity contribution in [3.05, 3.63) is 24.3 Å². The molecule has 0 heterocycles. The fraction of sp³-hybridized carbons (Fsp3) is 0.400. The highest BCUT2D eigenvalue weighted by molar-refractivity contribution is 5.38. The molecular weight excluding hydrogens is 152 g/mol. The summed E-state index contributed by atoms with van der Waals surface area (Å²) in [6, 6.07) is 8.51. The van der Waals surface area contributed by atoms with Gasteiger partial charge in [-0.2, -0.15) is 0 Å². The largest absolute Gasteiger partial charge is 0.492 e. The number of hydrogen-bond donors (Lipinski definition) is 0. The molecule has 1 radical (unpaired) electrons. The lowest BCUT2D eigenvalue weighted by Crippen LogP contribution is -1.97. The van der Waals surface area contributed by atoms with Gasteiger partial charge in [-0.05, 0) is 12.5 Å². The Morgan fingerprint density at radius 1 is 1.50 bits per heavy atom. The van der Waals surface area contributed by atoms with E-state index in [0.29, 0.717) is 12.4 Å². The van der Waals surface area contributed by atoms with E-state index < -0.39 is 0 Å². The summed E-state index contributed by atoms with van der Waals surface area (Å²) in [6.45, 7) is 2.79. The molecule has 0 saturated heterocycles. The van der Waals surface area contributed by atoms with E-state index in [1.165, 1.54) is 0 Å². The first-order valence-electron chi connectivity index (χ1n) is 4.06. The summed E-state index contributed by atoms with van der Waals surface area (Å²) in [5, 5.41) is 0. The first kappa shape index (κ1) is 8.91. The van der Waals surface area contributed by atoms with Crippen molar-refractivity contribution in [3.8, 4) is 11.5 Å². The van der Waals surface area contributed by atoms with Crippen molar-refractivity contribution in [2.45, 2.75) is 13.3 Å². The van der Waals surface area contributed by atoms with Crippen molar-refractivity contribution in [3.63, 3.8) is 0 Å². The van der Waals surface area contributed by atoms with Crippen LogP contribution in [0, 0.1) is 6.07 Å². The Balaban J connectivity index is 2.68. The molecule has 0 bridgehead atoms. The van der Waals surface area contributed by atoms with E-state index in [4.69, 9.17) is 9.47 Å². The van der Waals surface area contributed by atoms with Crippen LogP contribution >= 0.6 is 0 Å². The van der Waals surface area contributed by atoms with Gasteiger partial charge in [0, 0.05) is 6.07 Å². The molecule has 12 heavy (non-hydrogen) atoms. The Kier molecular flexibility index (Phi) is 3.45. The molecular formula is C10H13O2. The minimum absolute atomic E-state index is 0.672. The van der Waals surface area contributed by atoms with E-state index in [9.17, 15) is 0 Å². The van der Waals surface area contributed by atoms with Crippen molar-refractivity contribution in [1.82, 2.24) is 0 Å². The zero-order valence-electron chi connectivity index (χ0n) is 7.46. The van der Waals surface area contributed by atoms with E-state index in [1.807, 2.05) is 12.1 Å². The summed E-state index contributed by atoms with van der Waals surface area (Å²) < 4.78 is 10.5. The second-order valence-corrected chi connectivity index (χ2v) is 2.42. The Morgan fingerprint density at radius 3 is 3.00 bits per heavy atom. The van der Waals surface area contributed by atoms with Crippen molar-refractivity contribution in [2.75, 3.05) is 13.7 Å². The predicted molar refractivity (Wildman–Crippen MR) is 47.6 cm³/mol. The predicted octanol–water partition coefficient (Wildman–Crippen LogP) is 2.28. The van der Waals surface area contributed by atoms with Crippen molar-refractivity contribution >= 4 is 0 Å². The fourth-order valence-corrected chi connectivity index (χ4v) is 0.891. The standard InChI is InChI=1S/C10H13O2/c1-3-8-12-10-7-5-4-6-9(10)11-2/h4-5,7H,3,8H2,1-2H3. The van der Waals surface area contributed by atoms with Gasteiger partial charge in [-0.3, -0.25) is 0 Å². The van der Waals surface area contributed by atoms with Crippen LogP contribution in [0.4, 0.5) is 0 Å². The summed E-state index contributed by atoms with van der Waals surface area (Å²) in [5.41, 5.74) is 0. The van der Waals surface area contributed by atoms with E-state index >= 15 is 0 Å². The number of hydrogen-bond acceptors (Lipinski definition) is 2. The number of benzene rings is 1. The smallest absolute Gasteiger partial charge is 0.168 e. The molecule has 0 atom stereocenters. The molecule has 1 aromatic carbocycles. The van der Waals surface area contributed by atoms with Crippen LogP contribution in [0.25, 0.3) is 0 Å². The Labute approximate surface area is 73.1 Å². The van der Waals surface area contributed by atoms with Crippen molar-refractivity contribution in [1.29, 1.82) is 0 Å². The number of rotatable bonds is 4. The molecule has 0 saturated carbocycles. The van der Waals surface area contributed by atoms with Gasteiger partial charge in [0.05, 0.1) is 13.7 Å². The average molecular weight is 165 g/mol. The molecule has 1 aromatic rings. The molecule has 0 N–H and O–H groups in total. The van der Waals surface area contributed by atoms with Crippen LogP contribution in [-0.4, -0.2) is 13.7 Å². The summed E-state index contributed by atoms with van der Waals surface area (Å²) in [7, 11) is 1.62. The molecule has 0 spiro atoms. The summed E-state index contributed by atoms with van der Waals surface area (Å²) >= 11 is 0. The van der Waals surface area contributed by atoms with Gasteiger partial charge in [0.25, 0.3) is 0 Å².